The molecule has 58 heavy (non-hydrogen) atoms. The number of aliphatic carboxylic acids is 1. The van der Waals surface area contributed by atoms with Gasteiger partial charge in [-0.2, -0.15) is 0 Å². The molecule has 0 fully saturated rings. The number of allylic oxidation sites excluding steroid dienone is 4. The molecule has 0 radical (unpaired) electrons. The Labute approximate surface area is 358 Å². The lowest BCUT2D eigenvalue weighted by molar-refractivity contribution is -0.889. The fraction of sp³-hybridized carbons (Fsp3) is 0.860. The van der Waals surface area contributed by atoms with E-state index in [9.17, 15) is 19.5 Å². The summed E-state index contributed by atoms with van der Waals surface area (Å²) in [6.07, 6.45) is 46.3. The van der Waals surface area contributed by atoms with Crippen molar-refractivity contribution in [2.24, 2.45) is 0 Å². The maximum Gasteiger partial charge on any atom is 0.306 e. The summed E-state index contributed by atoms with van der Waals surface area (Å²) in [4.78, 5) is 36.9. The zero-order valence-corrected chi connectivity index (χ0v) is 38.7. The van der Waals surface area contributed by atoms with Gasteiger partial charge in [0.15, 0.2) is 6.10 Å². The molecule has 0 aromatic heterocycles. The van der Waals surface area contributed by atoms with Gasteiger partial charge in [-0.25, -0.2) is 0 Å². The van der Waals surface area contributed by atoms with Gasteiger partial charge in [0.05, 0.1) is 40.3 Å². The molecule has 0 N–H and O–H groups in total. The molecule has 0 rings (SSSR count). The van der Waals surface area contributed by atoms with Crippen molar-refractivity contribution in [3.63, 3.8) is 0 Å². The molecule has 0 saturated heterocycles. The summed E-state index contributed by atoms with van der Waals surface area (Å²) < 4.78 is 17.2. The first-order valence-electron chi connectivity index (χ1n) is 24.4. The molecular weight excluding hydrogens is 727 g/mol. The van der Waals surface area contributed by atoms with Crippen molar-refractivity contribution in [3.8, 4) is 0 Å². The van der Waals surface area contributed by atoms with Crippen LogP contribution in [0, 0.1) is 0 Å². The Balaban J connectivity index is 4.18. The van der Waals surface area contributed by atoms with Crippen LogP contribution in [-0.4, -0.2) is 75.5 Å². The van der Waals surface area contributed by atoms with E-state index in [4.69, 9.17) is 14.2 Å². The van der Waals surface area contributed by atoms with Crippen molar-refractivity contribution in [1.82, 2.24) is 0 Å². The van der Waals surface area contributed by atoms with E-state index in [-0.39, 0.29) is 42.7 Å². The summed E-state index contributed by atoms with van der Waals surface area (Å²) in [5.74, 6) is -1.72. The number of esters is 2. The number of nitrogens with zero attached hydrogens (tertiary/aromatic N) is 1. The van der Waals surface area contributed by atoms with Gasteiger partial charge in [0, 0.05) is 19.3 Å². The van der Waals surface area contributed by atoms with Gasteiger partial charge in [-0.1, -0.05) is 192 Å². The summed E-state index contributed by atoms with van der Waals surface area (Å²) in [5, 5.41) is 11.6. The fourth-order valence-electron chi connectivity index (χ4n) is 7.35. The summed E-state index contributed by atoms with van der Waals surface area (Å²) in [6.45, 7) is 4.59. The van der Waals surface area contributed by atoms with Crippen LogP contribution in [0.1, 0.15) is 226 Å². The molecule has 0 saturated carbocycles. The average molecular weight is 820 g/mol. The first kappa shape index (κ1) is 55.8. The topological polar surface area (TPSA) is 102 Å². The Hall–Kier alpha value is -2.19. The summed E-state index contributed by atoms with van der Waals surface area (Å²) in [7, 11) is 5.42. The van der Waals surface area contributed by atoms with Gasteiger partial charge >= 0.3 is 11.9 Å². The molecule has 0 aliphatic rings. The van der Waals surface area contributed by atoms with Gasteiger partial charge in [0.1, 0.15) is 12.6 Å². The van der Waals surface area contributed by atoms with Gasteiger partial charge < -0.3 is 28.6 Å². The van der Waals surface area contributed by atoms with E-state index >= 15 is 0 Å². The van der Waals surface area contributed by atoms with Crippen LogP contribution >= 0.6 is 0 Å². The maximum absolute atomic E-state index is 12.7. The summed E-state index contributed by atoms with van der Waals surface area (Å²) >= 11 is 0. The number of ether oxygens (including phenoxy) is 3. The normalized spacial score (nSPS) is 13.1. The Bertz CT molecular complexity index is 1000. The van der Waals surface area contributed by atoms with E-state index in [1.54, 1.807) is 21.1 Å². The minimum absolute atomic E-state index is 0.0460. The number of unbranched alkanes of at least 4 members (excludes halogenated alkanes) is 26. The first-order valence-corrected chi connectivity index (χ1v) is 24.4. The van der Waals surface area contributed by atoms with Gasteiger partial charge in [-0.05, 0) is 38.5 Å². The second-order valence-electron chi connectivity index (χ2n) is 17.7. The minimum atomic E-state index is -1.12. The minimum Gasteiger partial charge on any atom is -0.544 e. The summed E-state index contributed by atoms with van der Waals surface area (Å²) in [5.41, 5.74) is 0. The highest BCUT2D eigenvalue weighted by Crippen LogP contribution is 2.16. The van der Waals surface area contributed by atoms with Crippen LogP contribution in [0.4, 0.5) is 0 Å². The number of carbonyl (C=O) groups is 3. The molecule has 8 heteroatoms. The molecule has 0 aromatic rings. The molecule has 340 valence electrons. The third-order valence-electron chi connectivity index (χ3n) is 11.1. The number of hydrogen-bond donors (Lipinski definition) is 0. The van der Waals surface area contributed by atoms with Crippen LogP contribution in [0.25, 0.3) is 0 Å². The third-order valence-corrected chi connectivity index (χ3v) is 11.1. The maximum atomic E-state index is 12.7. The molecule has 0 aromatic carbocycles. The first-order chi connectivity index (χ1) is 28.1. The van der Waals surface area contributed by atoms with Gasteiger partial charge in [-0.15, -0.1) is 0 Å². The molecule has 2 unspecified atom stereocenters. The largest absolute Gasteiger partial charge is 0.544 e. The van der Waals surface area contributed by atoms with Crippen molar-refractivity contribution >= 4 is 17.9 Å². The van der Waals surface area contributed by atoms with Crippen LogP contribution < -0.4 is 5.11 Å². The number of hydrogen-bond acceptors (Lipinski definition) is 7. The Kier molecular flexibility index (Phi) is 40.0. The van der Waals surface area contributed by atoms with Crippen molar-refractivity contribution in [1.29, 1.82) is 0 Å². The molecule has 8 nitrogen and oxygen atoms in total. The van der Waals surface area contributed by atoms with E-state index in [2.05, 4.69) is 38.2 Å². The lowest BCUT2D eigenvalue weighted by Crippen LogP contribution is -2.55. The standard InChI is InChI=1S/C50H93NO7/c1-6-8-10-12-14-16-18-20-21-22-23-24-25-26-27-29-30-32-34-36-38-40-48(52)57-45-46(44-56-43-42-47(50(54)55)51(3,4)5)58-49(53)41-39-37-35-33-31-28-19-17-15-13-11-9-7-2/h8,10,14,16,46-47H,6-7,9,11-13,15,17-45H2,1-5H3/b10-8+,16-14+. The average Bonchev–Trinajstić information content (AvgIpc) is 3.18. The second kappa shape index (κ2) is 41.5. The van der Waals surface area contributed by atoms with Crippen molar-refractivity contribution in [2.75, 3.05) is 41.0 Å². The predicted molar refractivity (Wildman–Crippen MR) is 240 cm³/mol. The van der Waals surface area contributed by atoms with Crippen molar-refractivity contribution < 1.29 is 38.2 Å². The smallest absolute Gasteiger partial charge is 0.306 e. The molecule has 0 heterocycles. The number of rotatable bonds is 44. The monoisotopic (exact) mass is 820 g/mol. The van der Waals surface area contributed by atoms with E-state index < -0.39 is 18.1 Å². The quantitative estimate of drug-likeness (QED) is 0.0261. The van der Waals surface area contributed by atoms with Crippen molar-refractivity contribution in [3.05, 3.63) is 24.3 Å². The Morgan fingerprint density at radius 1 is 0.534 bits per heavy atom. The van der Waals surface area contributed by atoms with Gasteiger partial charge in [-0.3, -0.25) is 9.59 Å². The number of carbonyl (C=O) groups excluding carboxylic acids is 3. The van der Waals surface area contributed by atoms with Crippen LogP contribution in [0.2, 0.25) is 0 Å². The molecule has 0 spiro atoms. The highest BCUT2D eigenvalue weighted by atomic mass is 16.6. The number of carboxylic acids is 1. The molecule has 0 bridgehead atoms. The Morgan fingerprint density at radius 2 is 0.966 bits per heavy atom. The second-order valence-corrected chi connectivity index (χ2v) is 17.7. The molecule has 2 atom stereocenters. The van der Waals surface area contributed by atoms with Gasteiger partial charge in [0.25, 0.3) is 0 Å². The van der Waals surface area contributed by atoms with Crippen LogP contribution in [0.3, 0.4) is 0 Å². The third kappa shape index (κ3) is 39.3. The highest BCUT2D eigenvalue weighted by Gasteiger charge is 2.25. The lowest BCUT2D eigenvalue weighted by atomic mass is 10.0. The summed E-state index contributed by atoms with van der Waals surface area (Å²) in [6, 6.07) is -0.722. The Morgan fingerprint density at radius 3 is 1.41 bits per heavy atom. The number of quaternary nitrogens is 1. The van der Waals surface area contributed by atoms with Gasteiger partial charge in [0.2, 0.25) is 0 Å². The van der Waals surface area contributed by atoms with E-state index in [0.717, 1.165) is 51.4 Å². The predicted octanol–water partition coefficient (Wildman–Crippen LogP) is 12.3. The molecular formula is C50H93NO7. The van der Waals surface area contributed by atoms with E-state index in [1.165, 1.54) is 141 Å². The lowest BCUT2D eigenvalue weighted by Gasteiger charge is -2.34. The SMILES string of the molecule is CC/C=C/C/C=C/CCCCCCCCCCCCCCCCC(=O)OCC(COCCC(C(=O)[O-])[N+](C)(C)C)OC(=O)CCCCCCCCCCCCCCC. The zero-order chi connectivity index (χ0) is 42.8. The molecule has 0 amide bonds. The zero-order valence-electron chi connectivity index (χ0n) is 38.7. The van der Waals surface area contributed by atoms with Crippen LogP contribution in [0.15, 0.2) is 24.3 Å². The fourth-order valence-corrected chi connectivity index (χ4v) is 7.35. The van der Waals surface area contributed by atoms with E-state index in [1.807, 2.05) is 0 Å². The molecule has 0 aliphatic carbocycles. The van der Waals surface area contributed by atoms with E-state index in [0.29, 0.717) is 12.8 Å². The number of likely N-dealkylation sites (N-methyl/N-ethyl adjacent to an activating group) is 1. The number of carboxylic acid groups (broad SMARTS) is 1. The molecule has 0 aliphatic heterocycles. The van der Waals surface area contributed by atoms with Crippen LogP contribution in [-0.2, 0) is 28.6 Å². The van der Waals surface area contributed by atoms with Crippen LogP contribution in [0.5, 0.6) is 0 Å². The van der Waals surface area contributed by atoms with Crippen molar-refractivity contribution in [2.45, 2.75) is 238 Å². The highest BCUT2D eigenvalue weighted by molar-refractivity contribution is 5.70.